The summed E-state index contributed by atoms with van der Waals surface area (Å²) in [6.07, 6.45) is 7.36. The number of carbonyl (C=O) groups excluding carboxylic acids is 1. The van der Waals surface area contributed by atoms with E-state index in [9.17, 15) is 4.79 Å². The maximum Gasteiger partial charge on any atom is 0.319 e. The Bertz CT molecular complexity index is 575. The molecule has 0 N–H and O–H groups in total. The Kier molecular flexibility index (Phi) is 4.57. The second-order valence-corrected chi connectivity index (χ2v) is 7.37. The fourth-order valence-corrected chi connectivity index (χ4v) is 4.15. The van der Waals surface area contributed by atoms with Crippen LogP contribution in [0.2, 0.25) is 0 Å². The topological polar surface area (TPSA) is 45.7 Å². The molecule has 2 fully saturated rings. The van der Waals surface area contributed by atoms with Crippen LogP contribution in [0.15, 0.2) is 18.5 Å². The summed E-state index contributed by atoms with van der Waals surface area (Å²) in [7, 11) is 3.65. The fourth-order valence-electron chi connectivity index (χ4n) is 4.15. The van der Waals surface area contributed by atoms with Gasteiger partial charge in [0.1, 0.15) is 0 Å². The van der Waals surface area contributed by atoms with E-state index < -0.39 is 0 Å². The predicted octanol–water partition coefficient (Wildman–Crippen LogP) is 2.69. The number of rotatable bonds is 4. The summed E-state index contributed by atoms with van der Waals surface area (Å²) in [5.41, 5.74) is 2.44. The number of aryl methyl sites for hydroxylation is 1. The number of hydrogen-bond acceptors (Lipinski definition) is 3. The summed E-state index contributed by atoms with van der Waals surface area (Å²) in [6.45, 7) is 5.10. The van der Waals surface area contributed by atoms with Gasteiger partial charge in [-0.1, -0.05) is 12.5 Å². The molecule has 126 valence electrons. The number of amides is 2. The fraction of sp³-hybridized carbons (Fsp3) is 0.667. The molecule has 2 heterocycles. The first-order chi connectivity index (χ1) is 11.0. The average Bonchev–Trinajstić information content (AvgIpc) is 3.03. The molecule has 23 heavy (non-hydrogen) atoms. The zero-order valence-electron chi connectivity index (χ0n) is 14.4. The number of urea groups is 1. The molecule has 1 aliphatic carbocycles. The van der Waals surface area contributed by atoms with Gasteiger partial charge in [0.05, 0.1) is 13.2 Å². The summed E-state index contributed by atoms with van der Waals surface area (Å²) >= 11 is 0. The van der Waals surface area contributed by atoms with Crippen LogP contribution < -0.4 is 0 Å². The van der Waals surface area contributed by atoms with E-state index in [2.05, 4.69) is 11.1 Å². The van der Waals surface area contributed by atoms with Crippen molar-refractivity contribution in [1.82, 2.24) is 14.8 Å². The van der Waals surface area contributed by atoms with Gasteiger partial charge in [-0.25, -0.2) is 4.79 Å². The van der Waals surface area contributed by atoms with Gasteiger partial charge in [0, 0.05) is 45.0 Å². The van der Waals surface area contributed by atoms with Crippen LogP contribution in [0.5, 0.6) is 0 Å². The molecule has 1 aromatic heterocycles. The Labute approximate surface area is 138 Å². The Balaban J connectivity index is 1.60. The van der Waals surface area contributed by atoms with Gasteiger partial charge >= 0.3 is 6.03 Å². The molecule has 2 atom stereocenters. The standard InChI is InChI=1S/C18H27N3O2/c1-14-7-15(9-19-8-14)11-23-13-18-6-4-5-16(18)10-21(12-18)17(22)20(2)3/h7-9,16H,4-6,10-13H2,1-3H3/t16-,18+/m1/s1. The van der Waals surface area contributed by atoms with Gasteiger partial charge in [-0.05, 0) is 36.8 Å². The SMILES string of the molecule is Cc1cncc(COC[C@@]23CCC[C@@H]2CN(C(=O)N(C)C)C3)c1. The number of carbonyl (C=O) groups is 1. The molecular formula is C18H27N3O2. The van der Waals surface area contributed by atoms with Crippen LogP contribution in [-0.4, -0.2) is 54.6 Å². The third-order valence-corrected chi connectivity index (χ3v) is 5.28. The van der Waals surface area contributed by atoms with Crippen molar-refractivity contribution in [1.29, 1.82) is 0 Å². The number of likely N-dealkylation sites (tertiary alicyclic amines) is 1. The Hall–Kier alpha value is -1.62. The van der Waals surface area contributed by atoms with Crippen LogP contribution in [0.4, 0.5) is 4.79 Å². The van der Waals surface area contributed by atoms with Gasteiger partial charge in [0.25, 0.3) is 0 Å². The van der Waals surface area contributed by atoms with Crippen molar-refractivity contribution in [3.8, 4) is 0 Å². The molecular weight excluding hydrogens is 290 g/mol. The minimum absolute atomic E-state index is 0.127. The lowest BCUT2D eigenvalue weighted by molar-refractivity contribution is 0.0276. The molecule has 0 aromatic carbocycles. The van der Waals surface area contributed by atoms with Crippen molar-refractivity contribution in [2.24, 2.45) is 11.3 Å². The molecule has 5 nitrogen and oxygen atoms in total. The third-order valence-electron chi connectivity index (χ3n) is 5.28. The van der Waals surface area contributed by atoms with Crippen molar-refractivity contribution >= 4 is 6.03 Å². The molecule has 1 aromatic rings. The molecule has 2 aliphatic rings. The van der Waals surface area contributed by atoms with Crippen LogP contribution >= 0.6 is 0 Å². The quantitative estimate of drug-likeness (QED) is 0.858. The second kappa shape index (κ2) is 6.48. The zero-order chi connectivity index (χ0) is 16.4. The van der Waals surface area contributed by atoms with Crippen LogP contribution in [0.1, 0.15) is 30.4 Å². The molecule has 0 radical (unpaired) electrons. The first-order valence-corrected chi connectivity index (χ1v) is 8.45. The van der Waals surface area contributed by atoms with E-state index >= 15 is 0 Å². The molecule has 1 saturated heterocycles. The van der Waals surface area contributed by atoms with Crippen LogP contribution in [-0.2, 0) is 11.3 Å². The van der Waals surface area contributed by atoms with Gasteiger partial charge in [-0.3, -0.25) is 4.98 Å². The maximum absolute atomic E-state index is 12.3. The first-order valence-electron chi connectivity index (χ1n) is 8.45. The van der Waals surface area contributed by atoms with Crippen LogP contribution in [0.3, 0.4) is 0 Å². The number of nitrogens with zero attached hydrogens (tertiary/aromatic N) is 3. The molecule has 2 amide bonds. The van der Waals surface area contributed by atoms with Crippen molar-refractivity contribution in [3.63, 3.8) is 0 Å². The largest absolute Gasteiger partial charge is 0.376 e. The summed E-state index contributed by atoms with van der Waals surface area (Å²) in [6, 6.07) is 2.24. The summed E-state index contributed by atoms with van der Waals surface area (Å²) in [4.78, 5) is 20.1. The number of fused-ring (bicyclic) bond motifs is 1. The Morgan fingerprint density at radius 1 is 1.48 bits per heavy atom. The zero-order valence-corrected chi connectivity index (χ0v) is 14.4. The van der Waals surface area contributed by atoms with E-state index in [0.717, 1.165) is 30.8 Å². The van der Waals surface area contributed by atoms with Crippen LogP contribution in [0, 0.1) is 18.3 Å². The lowest BCUT2D eigenvalue weighted by atomic mass is 9.81. The molecule has 1 saturated carbocycles. The third kappa shape index (κ3) is 3.34. The molecule has 1 aliphatic heterocycles. The highest BCUT2D eigenvalue weighted by molar-refractivity contribution is 5.74. The van der Waals surface area contributed by atoms with Crippen molar-refractivity contribution in [2.75, 3.05) is 33.8 Å². The minimum Gasteiger partial charge on any atom is -0.376 e. The lowest BCUT2D eigenvalue weighted by Gasteiger charge is -2.29. The van der Waals surface area contributed by atoms with Gasteiger partial charge in [0.2, 0.25) is 0 Å². The van der Waals surface area contributed by atoms with E-state index in [1.165, 1.54) is 19.3 Å². The van der Waals surface area contributed by atoms with E-state index in [0.29, 0.717) is 12.5 Å². The van der Waals surface area contributed by atoms with E-state index in [1.807, 2.05) is 38.3 Å². The van der Waals surface area contributed by atoms with Gasteiger partial charge < -0.3 is 14.5 Å². The monoisotopic (exact) mass is 317 g/mol. The maximum atomic E-state index is 12.3. The van der Waals surface area contributed by atoms with Crippen LogP contribution in [0.25, 0.3) is 0 Å². The van der Waals surface area contributed by atoms with Crippen molar-refractivity contribution < 1.29 is 9.53 Å². The smallest absolute Gasteiger partial charge is 0.319 e. The number of pyridine rings is 1. The summed E-state index contributed by atoms with van der Waals surface area (Å²) in [5, 5.41) is 0. The molecule has 3 rings (SSSR count). The highest BCUT2D eigenvalue weighted by Gasteiger charge is 2.50. The first kappa shape index (κ1) is 16.2. The molecule has 0 spiro atoms. The van der Waals surface area contributed by atoms with E-state index in [1.54, 1.807) is 4.90 Å². The second-order valence-electron chi connectivity index (χ2n) is 7.37. The number of aromatic nitrogens is 1. The highest BCUT2D eigenvalue weighted by atomic mass is 16.5. The molecule has 0 unspecified atom stereocenters. The van der Waals surface area contributed by atoms with Gasteiger partial charge in [-0.2, -0.15) is 0 Å². The van der Waals surface area contributed by atoms with Crippen molar-refractivity contribution in [2.45, 2.75) is 32.8 Å². The molecule has 0 bridgehead atoms. The highest BCUT2D eigenvalue weighted by Crippen LogP contribution is 2.49. The van der Waals surface area contributed by atoms with Crippen molar-refractivity contribution in [3.05, 3.63) is 29.6 Å². The Morgan fingerprint density at radius 2 is 2.30 bits per heavy atom. The summed E-state index contributed by atoms with van der Waals surface area (Å²) < 4.78 is 6.06. The minimum atomic E-state index is 0.127. The van der Waals surface area contributed by atoms with Gasteiger partial charge in [-0.15, -0.1) is 0 Å². The molecule has 5 heteroatoms. The average molecular weight is 317 g/mol. The lowest BCUT2D eigenvalue weighted by Crippen LogP contribution is -2.40. The summed E-state index contributed by atoms with van der Waals surface area (Å²) in [5.74, 6) is 0.585. The van der Waals surface area contributed by atoms with Gasteiger partial charge in [0.15, 0.2) is 0 Å². The predicted molar refractivity (Wildman–Crippen MR) is 89.1 cm³/mol. The Morgan fingerprint density at radius 3 is 3.04 bits per heavy atom. The normalized spacial score (nSPS) is 26.4. The van der Waals surface area contributed by atoms with E-state index in [4.69, 9.17) is 4.74 Å². The number of ether oxygens (including phenoxy) is 1. The van der Waals surface area contributed by atoms with E-state index in [-0.39, 0.29) is 11.4 Å². The number of hydrogen-bond donors (Lipinski definition) is 0.